The van der Waals surface area contributed by atoms with Gasteiger partial charge >= 0.3 is 0 Å². The van der Waals surface area contributed by atoms with Gasteiger partial charge < -0.3 is 15.1 Å². The molecule has 7 nitrogen and oxygen atoms in total. The van der Waals surface area contributed by atoms with Crippen LogP contribution >= 0.6 is 0 Å². The highest BCUT2D eigenvalue weighted by atomic mass is 16.1. The Labute approximate surface area is 194 Å². The second-order valence-electron chi connectivity index (χ2n) is 9.49. The maximum atomic E-state index is 13.1. The largest absolute Gasteiger partial charge is 0.369 e. The van der Waals surface area contributed by atoms with Crippen LogP contribution in [-0.2, 0) is 0 Å². The smallest absolute Gasteiger partial charge is 0.255 e. The summed E-state index contributed by atoms with van der Waals surface area (Å²) in [4.78, 5) is 27.7. The Morgan fingerprint density at radius 3 is 2.55 bits per heavy atom. The van der Waals surface area contributed by atoms with Crippen molar-refractivity contribution < 1.29 is 4.79 Å². The lowest BCUT2D eigenvalue weighted by molar-refractivity contribution is 0.0957. The number of hydrogen-bond donors (Lipinski definition) is 1. The lowest BCUT2D eigenvalue weighted by Gasteiger charge is -2.24. The van der Waals surface area contributed by atoms with E-state index in [9.17, 15) is 4.79 Å². The fraction of sp³-hybridized carbons (Fsp3) is 0.423. The average Bonchev–Trinajstić information content (AvgIpc) is 3.39. The SMILES string of the molecule is CCNC(=O)c1cc2c(N3CC[C@H](N(C)C)C3)cc(C)nc2n2c1nc1cc(C)c(C)cc12. The van der Waals surface area contributed by atoms with Crippen LogP contribution in [0.25, 0.3) is 27.7 Å². The summed E-state index contributed by atoms with van der Waals surface area (Å²) in [5.41, 5.74) is 8.45. The van der Waals surface area contributed by atoms with Crippen LogP contribution in [0.4, 0.5) is 5.69 Å². The highest BCUT2D eigenvalue weighted by Gasteiger charge is 2.27. The molecule has 1 aliphatic heterocycles. The number of anilines is 1. The summed E-state index contributed by atoms with van der Waals surface area (Å²) in [5, 5.41) is 3.97. The van der Waals surface area contributed by atoms with Gasteiger partial charge in [-0.2, -0.15) is 0 Å². The molecule has 0 bridgehead atoms. The Balaban J connectivity index is 1.86. The monoisotopic (exact) mass is 444 g/mol. The van der Waals surface area contributed by atoms with Gasteiger partial charge in [-0.15, -0.1) is 0 Å². The number of carbonyl (C=O) groups is 1. The van der Waals surface area contributed by atoms with Gasteiger partial charge in [0.05, 0.1) is 16.6 Å². The van der Waals surface area contributed by atoms with Crippen molar-refractivity contribution in [2.45, 2.75) is 40.2 Å². The summed E-state index contributed by atoms with van der Waals surface area (Å²) in [6.45, 7) is 10.7. The van der Waals surface area contributed by atoms with Gasteiger partial charge in [-0.3, -0.25) is 9.20 Å². The van der Waals surface area contributed by atoms with Gasteiger partial charge in [0.25, 0.3) is 5.91 Å². The minimum absolute atomic E-state index is 0.104. The zero-order chi connectivity index (χ0) is 23.4. The Kier molecular flexibility index (Phi) is 5.24. The van der Waals surface area contributed by atoms with Crippen molar-refractivity contribution >= 4 is 39.3 Å². The maximum absolute atomic E-state index is 13.1. The molecule has 0 spiro atoms. The molecule has 33 heavy (non-hydrogen) atoms. The van der Waals surface area contributed by atoms with E-state index < -0.39 is 0 Å². The van der Waals surface area contributed by atoms with Crippen molar-refractivity contribution in [1.29, 1.82) is 0 Å². The number of aryl methyl sites for hydroxylation is 3. The summed E-state index contributed by atoms with van der Waals surface area (Å²) in [7, 11) is 4.28. The zero-order valence-electron chi connectivity index (χ0n) is 20.4. The molecule has 1 amide bonds. The number of rotatable bonds is 4. The van der Waals surface area contributed by atoms with E-state index >= 15 is 0 Å². The van der Waals surface area contributed by atoms with Crippen molar-refractivity contribution in [1.82, 2.24) is 24.6 Å². The predicted molar refractivity (Wildman–Crippen MR) is 135 cm³/mol. The fourth-order valence-electron chi connectivity index (χ4n) is 4.96. The molecule has 4 aromatic rings. The van der Waals surface area contributed by atoms with Crippen molar-refractivity contribution in [3.05, 3.63) is 46.6 Å². The number of likely N-dealkylation sites (N-methyl/N-ethyl adjacent to an activating group) is 1. The number of benzene rings is 1. The molecule has 172 valence electrons. The fourth-order valence-corrected chi connectivity index (χ4v) is 4.96. The van der Waals surface area contributed by atoms with E-state index in [1.165, 1.54) is 11.1 Å². The van der Waals surface area contributed by atoms with Crippen molar-refractivity contribution in [3.63, 3.8) is 0 Å². The maximum Gasteiger partial charge on any atom is 0.255 e. The van der Waals surface area contributed by atoms with Crippen LogP contribution in [0.1, 0.15) is 40.5 Å². The molecule has 1 aliphatic rings. The summed E-state index contributed by atoms with van der Waals surface area (Å²) in [6, 6.07) is 8.92. The van der Waals surface area contributed by atoms with Crippen LogP contribution < -0.4 is 10.2 Å². The Hall–Kier alpha value is -3.19. The summed E-state index contributed by atoms with van der Waals surface area (Å²) in [6.07, 6.45) is 1.12. The first-order valence-corrected chi connectivity index (χ1v) is 11.7. The molecule has 0 aliphatic carbocycles. The van der Waals surface area contributed by atoms with Crippen LogP contribution in [-0.4, -0.2) is 64.9 Å². The summed E-state index contributed by atoms with van der Waals surface area (Å²) < 4.78 is 2.08. The molecule has 3 aromatic heterocycles. The van der Waals surface area contributed by atoms with Crippen LogP contribution in [0.3, 0.4) is 0 Å². The number of imidazole rings is 1. The van der Waals surface area contributed by atoms with Crippen molar-refractivity contribution in [2.75, 3.05) is 38.6 Å². The van der Waals surface area contributed by atoms with Gasteiger partial charge in [0, 0.05) is 42.4 Å². The minimum atomic E-state index is -0.104. The molecule has 0 unspecified atom stereocenters. The third kappa shape index (κ3) is 3.51. The van der Waals surface area contributed by atoms with Crippen LogP contribution in [0.5, 0.6) is 0 Å². The number of amides is 1. The molecule has 1 atom stereocenters. The number of nitrogens with one attached hydrogen (secondary N) is 1. The predicted octanol–water partition coefficient (Wildman–Crippen LogP) is 3.85. The number of aromatic nitrogens is 3. The second-order valence-corrected chi connectivity index (χ2v) is 9.49. The third-order valence-electron chi connectivity index (χ3n) is 6.97. The highest BCUT2D eigenvalue weighted by Crippen LogP contribution is 2.34. The molecule has 1 aromatic carbocycles. The molecule has 1 N–H and O–H groups in total. The van der Waals surface area contributed by atoms with Gasteiger partial charge in [0.2, 0.25) is 0 Å². The molecule has 5 rings (SSSR count). The summed E-state index contributed by atoms with van der Waals surface area (Å²) in [5.74, 6) is -0.104. The standard InChI is InChI=1S/C26H32N6O/c1-7-27-26(33)20-13-19-22(31-9-8-18(14-31)30(5)6)12-17(4)28-24(19)32-23-11-16(3)15(2)10-21(23)29-25(20)32/h10-13,18H,7-9,14H2,1-6H3,(H,27,33)/t18-/m0/s1. The first-order chi connectivity index (χ1) is 15.8. The number of hydrogen-bond acceptors (Lipinski definition) is 5. The lowest BCUT2D eigenvalue weighted by Crippen LogP contribution is -2.31. The Bertz CT molecular complexity index is 1400. The van der Waals surface area contributed by atoms with Crippen molar-refractivity contribution in [2.24, 2.45) is 0 Å². The molecule has 0 saturated carbocycles. The van der Waals surface area contributed by atoms with E-state index in [1.807, 2.05) is 19.9 Å². The van der Waals surface area contributed by atoms with Gasteiger partial charge in [-0.1, -0.05) is 0 Å². The molecule has 1 fully saturated rings. The van der Waals surface area contributed by atoms with E-state index in [2.05, 4.69) is 65.7 Å². The van der Waals surface area contributed by atoms with E-state index in [-0.39, 0.29) is 5.91 Å². The number of pyridine rings is 2. The number of fused-ring (bicyclic) bond motifs is 5. The normalized spacial score (nSPS) is 16.6. The van der Waals surface area contributed by atoms with Gasteiger partial charge in [0.15, 0.2) is 5.65 Å². The molecule has 4 heterocycles. The molecule has 1 saturated heterocycles. The van der Waals surface area contributed by atoms with Gasteiger partial charge in [-0.05, 0) is 83.6 Å². The topological polar surface area (TPSA) is 65.8 Å². The lowest BCUT2D eigenvalue weighted by atomic mass is 10.1. The number of carbonyl (C=O) groups excluding carboxylic acids is 1. The minimum Gasteiger partial charge on any atom is -0.369 e. The van der Waals surface area contributed by atoms with E-state index in [4.69, 9.17) is 9.97 Å². The average molecular weight is 445 g/mol. The molecule has 0 radical (unpaired) electrons. The first kappa shape index (κ1) is 21.6. The Morgan fingerprint density at radius 2 is 1.85 bits per heavy atom. The Morgan fingerprint density at radius 1 is 1.09 bits per heavy atom. The van der Waals surface area contributed by atoms with Crippen LogP contribution in [0.2, 0.25) is 0 Å². The highest BCUT2D eigenvalue weighted by molar-refractivity contribution is 6.07. The van der Waals surface area contributed by atoms with Crippen LogP contribution in [0, 0.1) is 20.8 Å². The zero-order valence-corrected chi connectivity index (χ0v) is 20.4. The van der Waals surface area contributed by atoms with Crippen molar-refractivity contribution in [3.8, 4) is 0 Å². The van der Waals surface area contributed by atoms with E-state index in [0.29, 0.717) is 23.8 Å². The molecular formula is C26H32N6O. The van der Waals surface area contributed by atoms with Gasteiger partial charge in [0.1, 0.15) is 5.65 Å². The second kappa shape index (κ2) is 7.99. The summed E-state index contributed by atoms with van der Waals surface area (Å²) >= 11 is 0. The molecule has 7 heteroatoms. The van der Waals surface area contributed by atoms with E-state index in [0.717, 1.165) is 53.0 Å². The quantitative estimate of drug-likeness (QED) is 0.518. The third-order valence-corrected chi connectivity index (χ3v) is 6.97. The molecular weight excluding hydrogens is 412 g/mol. The number of nitrogens with zero attached hydrogens (tertiary/aromatic N) is 5. The first-order valence-electron chi connectivity index (χ1n) is 11.7. The van der Waals surface area contributed by atoms with E-state index in [1.54, 1.807) is 0 Å². The van der Waals surface area contributed by atoms with Crippen LogP contribution in [0.15, 0.2) is 24.3 Å². The van der Waals surface area contributed by atoms with Gasteiger partial charge in [-0.25, -0.2) is 9.97 Å².